The van der Waals surface area contributed by atoms with Crippen molar-refractivity contribution in [3.63, 3.8) is 0 Å². The number of carbonyl (C=O) groups is 2. The molecule has 1 aromatic heterocycles. The number of aliphatic hydroxyl groups excluding tert-OH is 1. The van der Waals surface area contributed by atoms with Crippen molar-refractivity contribution in [1.29, 1.82) is 0 Å². The number of carbonyl (C=O) groups excluding carboxylic acids is 2. The number of rotatable bonds is 4. The summed E-state index contributed by atoms with van der Waals surface area (Å²) in [5.41, 5.74) is 0.134. The highest BCUT2D eigenvalue weighted by molar-refractivity contribution is 6.35. The van der Waals surface area contributed by atoms with Crippen LogP contribution in [-0.4, -0.2) is 40.3 Å². The third-order valence-corrected chi connectivity index (χ3v) is 2.79. The summed E-state index contributed by atoms with van der Waals surface area (Å²) in [6, 6.07) is 6.84. The average Bonchev–Trinajstić information content (AvgIpc) is 2.52. The van der Waals surface area contributed by atoms with Crippen LogP contribution in [0.2, 0.25) is 0 Å². The number of benzene rings is 1. The molecule has 21 heavy (non-hydrogen) atoms. The van der Waals surface area contributed by atoms with Crippen molar-refractivity contribution >= 4 is 22.6 Å². The number of fused-ring (bicyclic) bond motifs is 1. The van der Waals surface area contributed by atoms with Crippen LogP contribution in [0.15, 0.2) is 29.1 Å². The first kappa shape index (κ1) is 14.7. The van der Waals surface area contributed by atoms with Gasteiger partial charge in [0, 0.05) is 11.9 Å². The second-order valence-corrected chi connectivity index (χ2v) is 4.21. The normalized spacial score (nSPS) is 10.3. The number of aromatic amines is 1. The molecule has 0 saturated heterocycles. The van der Waals surface area contributed by atoms with E-state index < -0.39 is 11.8 Å². The monoisotopic (exact) mass is 290 g/mol. The third kappa shape index (κ3) is 3.42. The van der Waals surface area contributed by atoms with Crippen LogP contribution in [0, 0.1) is 0 Å². The van der Waals surface area contributed by atoms with E-state index in [2.05, 4.69) is 20.8 Å². The first-order chi connectivity index (χ1) is 10.1. The maximum atomic E-state index is 11.6. The number of hydrogen-bond donors (Lipinski definition) is 4. The third-order valence-electron chi connectivity index (χ3n) is 2.79. The maximum absolute atomic E-state index is 11.6. The van der Waals surface area contributed by atoms with Crippen LogP contribution < -0.4 is 16.2 Å². The predicted octanol–water partition coefficient (Wildman–Crippen LogP) is -1.35. The van der Waals surface area contributed by atoms with Crippen molar-refractivity contribution in [2.45, 2.75) is 6.54 Å². The fourth-order valence-corrected chi connectivity index (χ4v) is 1.80. The molecule has 110 valence electrons. The molecule has 0 bridgehead atoms. The molecule has 0 atom stereocenters. The molecule has 1 aromatic carbocycles. The van der Waals surface area contributed by atoms with Gasteiger partial charge in [-0.05, 0) is 6.07 Å². The van der Waals surface area contributed by atoms with E-state index in [1.807, 2.05) is 0 Å². The largest absolute Gasteiger partial charge is 0.395 e. The van der Waals surface area contributed by atoms with E-state index in [-0.39, 0.29) is 25.3 Å². The summed E-state index contributed by atoms with van der Waals surface area (Å²) in [4.78, 5) is 34.5. The van der Waals surface area contributed by atoms with Gasteiger partial charge in [0.1, 0.15) is 0 Å². The summed E-state index contributed by atoms with van der Waals surface area (Å²) in [7, 11) is 0. The molecular weight excluding hydrogens is 276 g/mol. The van der Waals surface area contributed by atoms with Gasteiger partial charge in [-0.1, -0.05) is 18.2 Å². The summed E-state index contributed by atoms with van der Waals surface area (Å²) in [6.45, 7) is -0.236. The molecule has 2 rings (SSSR count). The Labute approximate surface area is 119 Å². The van der Waals surface area contributed by atoms with E-state index in [9.17, 15) is 14.4 Å². The molecule has 0 unspecified atom stereocenters. The minimum absolute atomic E-state index is 0.00265. The summed E-state index contributed by atoms with van der Waals surface area (Å²) < 4.78 is 0. The molecule has 8 nitrogen and oxygen atoms in total. The molecule has 0 saturated carbocycles. The Morgan fingerprint density at radius 1 is 1.14 bits per heavy atom. The highest BCUT2D eigenvalue weighted by atomic mass is 16.3. The van der Waals surface area contributed by atoms with Gasteiger partial charge in [-0.2, -0.15) is 5.10 Å². The number of nitrogens with one attached hydrogen (secondary N) is 3. The van der Waals surface area contributed by atoms with Crippen LogP contribution in [0.4, 0.5) is 0 Å². The van der Waals surface area contributed by atoms with Crippen LogP contribution in [0.25, 0.3) is 10.8 Å². The van der Waals surface area contributed by atoms with Crippen molar-refractivity contribution in [3.05, 3.63) is 40.3 Å². The van der Waals surface area contributed by atoms with E-state index in [0.717, 1.165) is 0 Å². The fourth-order valence-electron chi connectivity index (χ4n) is 1.80. The van der Waals surface area contributed by atoms with E-state index in [1.54, 1.807) is 24.3 Å². The topological polar surface area (TPSA) is 124 Å². The van der Waals surface area contributed by atoms with Gasteiger partial charge >= 0.3 is 11.8 Å². The summed E-state index contributed by atoms with van der Waals surface area (Å²) in [5, 5.41) is 20.5. The molecule has 0 fully saturated rings. The molecule has 0 aliphatic heterocycles. The molecule has 4 N–H and O–H groups in total. The van der Waals surface area contributed by atoms with Crippen molar-refractivity contribution in [1.82, 2.24) is 20.8 Å². The van der Waals surface area contributed by atoms with Gasteiger partial charge in [0.25, 0.3) is 5.56 Å². The van der Waals surface area contributed by atoms with Crippen molar-refractivity contribution in [3.8, 4) is 0 Å². The quantitative estimate of drug-likeness (QED) is 0.518. The van der Waals surface area contributed by atoms with Crippen LogP contribution in [-0.2, 0) is 16.1 Å². The lowest BCUT2D eigenvalue weighted by atomic mass is 10.1. The summed E-state index contributed by atoms with van der Waals surface area (Å²) in [5.74, 6) is -1.67. The number of amides is 2. The minimum Gasteiger partial charge on any atom is -0.395 e. The molecule has 1 heterocycles. The van der Waals surface area contributed by atoms with Gasteiger partial charge in [-0.25, -0.2) is 5.10 Å². The lowest BCUT2D eigenvalue weighted by molar-refractivity contribution is -0.139. The summed E-state index contributed by atoms with van der Waals surface area (Å²) >= 11 is 0. The number of aromatic nitrogens is 2. The zero-order chi connectivity index (χ0) is 15.2. The average molecular weight is 290 g/mol. The summed E-state index contributed by atoms with van der Waals surface area (Å²) in [6.07, 6.45) is 0. The Balaban J connectivity index is 2.11. The Morgan fingerprint density at radius 2 is 1.81 bits per heavy atom. The van der Waals surface area contributed by atoms with Gasteiger partial charge in [0.05, 0.1) is 24.2 Å². The van der Waals surface area contributed by atoms with E-state index in [4.69, 9.17) is 5.11 Å². The van der Waals surface area contributed by atoms with Crippen LogP contribution in [0.5, 0.6) is 0 Å². The fraction of sp³-hybridized carbons (Fsp3) is 0.231. The molecular formula is C13H14N4O4. The molecule has 0 aliphatic rings. The molecule has 0 radical (unpaired) electrons. The van der Waals surface area contributed by atoms with Crippen LogP contribution >= 0.6 is 0 Å². The Hall–Kier alpha value is -2.74. The van der Waals surface area contributed by atoms with Gasteiger partial charge in [-0.15, -0.1) is 0 Å². The zero-order valence-electron chi connectivity index (χ0n) is 11.0. The lowest BCUT2D eigenvalue weighted by Gasteiger charge is -2.07. The molecule has 8 heteroatoms. The Morgan fingerprint density at radius 3 is 2.52 bits per heavy atom. The van der Waals surface area contributed by atoms with Crippen molar-refractivity contribution in [2.24, 2.45) is 0 Å². The molecule has 2 amide bonds. The van der Waals surface area contributed by atoms with Crippen molar-refractivity contribution < 1.29 is 14.7 Å². The van der Waals surface area contributed by atoms with Crippen molar-refractivity contribution in [2.75, 3.05) is 13.2 Å². The first-order valence-electron chi connectivity index (χ1n) is 6.26. The standard InChI is InChI=1S/C13H14N4O4/c18-6-5-14-12(20)13(21)15-7-10-8-3-1-2-4-9(8)11(19)17-16-10/h1-4,18H,5-7H2,(H,14,20)(H,15,21)(H,17,19). The molecule has 0 aliphatic carbocycles. The van der Waals surface area contributed by atoms with Gasteiger partial charge in [0.2, 0.25) is 0 Å². The second kappa shape index (κ2) is 6.62. The highest BCUT2D eigenvalue weighted by Crippen LogP contribution is 2.11. The highest BCUT2D eigenvalue weighted by Gasteiger charge is 2.13. The lowest BCUT2D eigenvalue weighted by Crippen LogP contribution is -2.40. The molecule has 2 aromatic rings. The van der Waals surface area contributed by atoms with Gasteiger partial charge in [0.15, 0.2) is 0 Å². The maximum Gasteiger partial charge on any atom is 0.309 e. The number of aliphatic hydroxyl groups is 1. The van der Waals surface area contributed by atoms with E-state index in [1.165, 1.54) is 0 Å². The smallest absolute Gasteiger partial charge is 0.309 e. The zero-order valence-corrected chi connectivity index (χ0v) is 11.0. The van der Waals surface area contributed by atoms with E-state index in [0.29, 0.717) is 16.5 Å². The molecule has 0 spiro atoms. The van der Waals surface area contributed by atoms with Crippen LogP contribution in [0.3, 0.4) is 0 Å². The Kier molecular flexibility index (Phi) is 4.62. The second-order valence-electron chi connectivity index (χ2n) is 4.21. The first-order valence-corrected chi connectivity index (χ1v) is 6.26. The minimum atomic E-state index is -0.835. The number of hydrogen-bond acceptors (Lipinski definition) is 5. The number of nitrogens with zero attached hydrogens (tertiary/aromatic N) is 1. The SMILES string of the molecule is O=C(NCCO)C(=O)NCc1n[nH]c(=O)c2ccccc12. The predicted molar refractivity (Wildman–Crippen MR) is 74.3 cm³/mol. The van der Waals surface area contributed by atoms with Gasteiger partial charge in [-0.3, -0.25) is 14.4 Å². The van der Waals surface area contributed by atoms with Crippen LogP contribution in [0.1, 0.15) is 5.69 Å². The number of H-pyrrole nitrogens is 1. The van der Waals surface area contributed by atoms with Gasteiger partial charge < -0.3 is 15.7 Å². The van der Waals surface area contributed by atoms with E-state index >= 15 is 0 Å². The Bertz CT molecular complexity index is 725.